The topological polar surface area (TPSA) is 24.9 Å². The number of rotatable bonds is 6. The monoisotopic (exact) mass is 210 g/mol. The van der Waals surface area contributed by atoms with E-state index in [0.29, 0.717) is 6.04 Å². The molecule has 0 aromatic carbocycles. The van der Waals surface area contributed by atoms with Gasteiger partial charge in [-0.1, -0.05) is 0 Å². The second-order valence-corrected chi connectivity index (χ2v) is 4.33. The van der Waals surface area contributed by atoms with Crippen LogP contribution in [0.15, 0.2) is 24.5 Å². The van der Waals surface area contributed by atoms with E-state index in [2.05, 4.69) is 35.6 Å². The Labute approximate surface area is 90.5 Å². The number of aromatic nitrogens is 1. The van der Waals surface area contributed by atoms with Gasteiger partial charge in [-0.25, -0.2) is 0 Å². The Hall–Kier alpha value is -0.540. The summed E-state index contributed by atoms with van der Waals surface area (Å²) in [7, 11) is 0. The molecule has 0 saturated carbocycles. The number of pyridine rings is 1. The Kier molecular flexibility index (Phi) is 5.64. The molecule has 2 nitrogen and oxygen atoms in total. The fourth-order valence-corrected chi connectivity index (χ4v) is 1.94. The molecule has 1 rings (SSSR count). The predicted molar refractivity (Wildman–Crippen MR) is 63.8 cm³/mol. The number of nitrogens with zero attached hydrogens (tertiary/aromatic N) is 1. The van der Waals surface area contributed by atoms with Gasteiger partial charge in [0.2, 0.25) is 0 Å². The zero-order valence-corrected chi connectivity index (χ0v) is 9.68. The Morgan fingerprint density at radius 2 is 2.14 bits per heavy atom. The first kappa shape index (κ1) is 11.5. The number of nitrogens with one attached hydrogen (secondary N) is 1. The normalized spacial score (nSPS) is 12.7. The highest BCUT2D eigenvalue weighted by atomic mass is 32.2. The first-order valence-electron chi connectivity index (χ1n) is 4.94. The summed E-state index contributed by atoms with van der Waals surface area (Å²) in [5, 5.41) is 3.49. The largest absolute Gasteiger partial charge is 0.313 e. The highest BCUT2D eigenvalue weighted by Crippen LogP contribution is 1.98. The van der Waals surface area contributed by atoms with Crippen molar-refractivity contribution in [3.8, 4) is 0 Å². The van der Waals surface area contributed by atoms with E-state index in [1.165, 1.54) is 11.3 Å². The molecule has 0 aliphatic heterocycles. The lowest BCUT2D eigenvalue weighted by molar-refractivity contribution is 0.597. The van der Waals surface area contributed by atoms with Crippen LogP contribution in [0.25, 0.3) is 0 Å². The highest BCUT2D eigenvalue weighted by Gasteiger charge is 1.98. The molecule has 1 heterocycles. The van der Waals surface area contributed by atoms with Gasteiger partial charge in [-0.05, 0) is 43.8 Å². The van der Waals surface area contributed by atoms with Crippen LogP contribution >= 0.6 is 11.8 Å². The molecule has 0 radical (unpaired) electrons. The highest BCUT2D eigenvalue weighted by molar-refractivity contribution is 7.98. The summed E-state index contributed by atoms with van der Waals surface area (Å²) in [4.78, 5) is 3.99. The second kappa shape index (κ2) is 6.85. The van der Waals surface area contributed by atoms with Crippen LogP contribution in [0.5, 0.6) is 0 Å². The predicted octanol–water partition coefficient (Wildman–Crippen LogP) is 1.97. The Morgan fingerprint density at radius 3 is 2.79 bits per heavy atom. The summed E-state index contributed by atoms with van der Waals surface area (Å²) in [6.45, 7) is 3.27. The smallest absolute Gasteiger partial charge is 0.0270 e. The fraction of sp³-hybridized carbons (Fsp3) is 0.545. The fourth-order valence-electron chi connectivity index (χ4n) is 1.32. The van der Waals surface area contributed by atoms with E-state index in [1.54, 1.807) is 0 Å². The van der Waals surface area contributed by atoms with Gasteiger partial charge in [0.25, 0.3) is 0 Å². The Bertz CT molecular complexity index is 238. The third kappa shape index (κ3) is 4.63. The van der Waals surface area contributed by atoms with E-state index >= 15 is 0 Å². The van der Waals surface area contributed by atoms with E-state index in [0.717, 1.165) is 13.0 Å². The van der Waals surface area contributed by atoms with E-state index in [-0.39, 0.29) is 0 Å². The van der Waals surface area contributed by atoms with Crippen LogP contribution in [0.3, 0.4) is 0 Å². The van der Waals surface area contributed by atoms with Crippen molar-refractivity contribution >= 4 is 11.8 Å². The average Bonchev–Trinajstić information content (AvgIpc) is 2.20. The zero-order chi connectivity index (χ0) is 10.2. The summed E-state index contributed by atoms with van der Waals surface area (Å²) in [5.74, 6) is 1.18. The van der Waals surface area contributed by atoms with Gasteiger partial charge in [-0.15, -0.1) is 0 Å². The maximum atomic E-state index is 3.99. The zero-order valence-electron chi connectivity index (χ0n) is 8.86. The number of thioether (sulfide) groups is 1. The van der Waals surface area contributed by atoms with Crippen LogP contribution in [0.1, 0.15) is 12.5 Å². The van der Waals surface area contributed by atoms with Gasteiger partial charge in [-0.3, -0.25) is 4.98 Å². The van der Waals surface area contributed by atoms with Gasteiger partial charge in [0.15, 0.2) is 0 Å². The van der Waals surface area contributed by atoms with Crippen LogP contribution in [0, 0.1) is 0 Å². The molecular weight excluding hydrogens is 192 g/mol. The minimum Gasteiger partial charge on any atom is -0.313 e. The second-order valence-electron chi connectivity index (χ2n) is 3.42. The SMILES string of the molecule is CSCC(C)NCCc1ccncc1. The molecule has 1 atom stereocenters. The summed E-state index contributed by atoms with van der Waals surface area (Å²) in [6.07, 6.45) is 6.92. The van der Waals surface area contributed by atoms with Crippen LogP contribution in [0.4, 0.5) is 0 Å². The Morgan fingerprint density at radius 1 is 1.43 bits per heavy atom. The van der Waals surface area contributed by atoms with Crippen molar-refractivity contribution < 1.29 is 0 Å². The van der Waals surface area contributed by atoms with Crippen LogP contribution in [0.2, 0.25) is 0 Å². The van der Waals surface area contributed by atoms with E-state index < -0.39 is 0 Å². The first-order valence-corrected chi connectivity index (χ1v) is 6.33. The van der Waals surface area contributed by atoms with E-state index in [4.69, 9.17) is 0 Å². The van der Waals surface area contributed by atoms with Crippen molar-refractivity contribution in [3.05, 3.63) is 30.1 Å². The summed E-state index contributed by atoms with van der Waals surface area (Å²) in [6, 6.07) is 4.74. The van der Waals surface area contributed by atoms with Crippen LogP contribution in [-0.2, 0) is 6.42 Å². The molecule has 0 fully saturated rings. The summed E-state index contributed by atoms with van der Waals surface area (Å²) < 4.78 is 0. The van der Waals surface area contributed by atoms with Gasteiger partial charge in [0.1, 0.15) is 0 Å². The maximum Gasteiger partial charge on any atom is 0.0270 e. The lowest BCUT2D eigenvalue weighted by Crippen LogP contribution is -2.29. The molecule has 78 valence electrons. The molecule has 3 heteroatoms. The number of hydrogen-bond donors (Lipinski definition) is 1. The molecule has 1 N–H and O–H groups in total. The molecule has 1 unspecified atom stereocenters. The molecule has 14 heavy (non-hydrogen) atoms. The molecule has 1 aromatic heterocycles. The van der Waals surface area contributed by atoms with Crippen molar-refractivity contribution in [1.82, 2.24) is 10.3 Å². The van der Waals surface area contributed by atoms with Crippen LogP contribution < -0.4 is 5.32 Å². The average molecular weight is 210 g/mol. The summed E-state index contributed by atoms with van der Waals surface area (Å²) in [5.41, 5.74) is 1.35. The molecule has 1 aromatic rings. The minimum atomic E-state index is 0.604. The quantitative estimate of drug-likeness (QED) is 0.777. The van der Waals surface area contributed by atoms with Crippen molar-refractivity contribution in [2.75, 3.05) is 18.6 Å². The minimum absolute atomic E-state index is 0.604. The molecular formula is C11H18N2S. The Balaban J connectivity index is 2.16. The molecule has 0 aliphatic rings. The van der Waals surface area contributed by atoms with Gasteiger partial charge in [-0.2, -0.15) is 11.8 Å². The van der Waals surface area contributed by atoms with Gasteiger partial charge < -0.3 is 5.32 Å². The maximum absolute atomic E-state index is 3.99. The van der Waals surface area contributed by atoms with Crippen molar-refractivity contribution in [1.29, 1.82) is 0 Å². The van der Waals surface area contributed by atoms with Crippen molar-refractivity contribution in [2.45, 2.75) is 19.4 Å². The van der Waals surface area contributed by atoms with Crippen molar-refractivity contribution in [2.24, 2.45) is 0 Å². The lowest BCUT2D eigenvalue weighted by Gasteiger charge is -2.11. The number of hydrogen-bond acceptors (Lipinski definition) is 3. The molecule has 0 aliphatic carbocycles. The molecule has 0 saturated heterocycles. The van der Waals surface area contributed by atoms with Gasteiger partial charge >= 0.3 is 0 Å². The van der Waals surface area contributed by atoms with Crippen LogP contribution in [-0.4, -0.2) is 29.6 Å². The molecule has 0 bridgehead atoms. The summed E-state index contributed by atoms with van der Waals surface area (Å²) >= 11 is 1.88. The van der Waals surface area contributed by atoms with Crippen molar-refractivity contribution in [3.63, 3.8) is 0 Å². The van der Waals surface area contributed by atoms with Gasteiger partial charge in [0.05, 0.1) is 0 Å². The molecule has 0 spiro atoms. The third-order valence-electron chi connectivity index (χ3n) is 2.07. The molecule has 0 amide bonds. The van der Waals surface area contributed by atoms with E-state index in [1.807, 2.05) is 24.2 Å². The third-order valence-corrected chi connectivity index (χ3v) is 2.91. The first-order chi connectivity index (χ1) is 6.83. The lowest BCUT2D eigenvalue weighted by atomic mass is 10.2. The van der Waals surface area contributed by atoms with E-state index in [9.17, 15) is 0 Å². The van der Waals surface area contributed by atoms with Gasteiger partial charge in [0, 0.05) is 24.2 Å². The standard InChI is InChI=1S/C11H18N2S/c1-10(9-14-2)13-8-5-11-3-6-12-7-4-11/h3-4,6-7,10,13H,5,8-9H2,1-2H3.